The van der Waals surface area contributed by atoms with Gasteiger partial charge < -0.3 is 20.8 Å². The van der Waals surface area contributed by atoms with Crippen molar-refractivity contribution in [2.75, 3.05) is 13.2 Å². The summed E-state index contributed by atoms with van der Waals surface area (Å²) in [5.74, 6) is -1.21. The molecule has 0 aromatic heterocycles. The molecule has 0 aromatic rings. The summed E-state index contributed by atoms with van der Waals surface area (Å²) in [7, 11) is 0. The van der Waals surface area contributed by atoms with Crippen LogP contribution in [-0.4, -0.2) is 47.3 Å². The van der Waals surface area contributed by atoms with Crippen LogP contribution in [0.15, 0.2) is 0 Å². The van der Waals surface area contributed by atoms with Gasteiger partial charge in [0.15, 0.2) is 0 Å². The first-order chi connectivity index (χ1) is 8.06. The summed E-state index contributed by atoms with van der Waals surface area (Å²) in [6.45, 7) is 2.49. The molecule has 0 bridgehead atoms. The molecule has 98 valence electrons. The summed E-state index contributed by atoms with van der Waals surface area (Å²) in [5.41, 5.74) is 0. The first-order valence-electron chi connectivity index (χ1n) is 5.93. The number of piperidine rings is 1. The van der Waals surface area contributed by atoms with Crippen molar-refractivity contribution in [2.45, 2.75) is 38.3 Å². The Morgan fingerprint density at radius 1 is 1.53 bits per heavy atom. The molecule has 0 radical (unpaired) electrons. The van der Waals surface area contributed by atoms with Crippen LogP contribution in [-0.2, 0) is 9.59 Å². The number of rotatable bonds is 5. The average Bonchev–Trinajstić information content (AvgIpc) is 2.28. The summed E-state index contributed by atoms with van der Waals surface area (Å²) >= 11 is 0. The third-order valence-electron chi connectivity index (χ3n) is 3.08. The van der Waals surface area contributed by atoms with Gasteiger partial charge in [-0.05, 0) is 25.3 Å². The van der Waals surface area contributed by atoms with Crippen LogP contribution in [0.4, 0.5) is 0 Å². The minimum atomic E-state index is -1.11. The molecule has 4 N–H and O–H groups in total. The lowest BCUT2D eigenvalue weighted by molar-refractivity contribution is -0.142. The Labute approximate surface area is 100 Å². The van der Waals surface area contributed by atoms with Crippen molar-refractivity contribution in [1.29, 1.82) is 0 Å². The number of aliphatic hydroxyl groups excluding tert-OH is 1. The van der Waals surface area contributed by atoms with Crippen LogP contribution in [0.25, 0.3) is 0 Å². The smallest absolute Gasteiger partial charge is 0.326 e. The van der Waals surface area contributed by atoms with Gasteiger partial charge in [0.05, 0.1) is 6.04 Å². The number of hydrogen-bond donors (Lipinski definition) is 4. The first-order valence-corrected chi connectivity index (χ1v) is 5.93. The third-order valence-corrected chi connectivity index (χ3v) is 3.08. The van der Waals surface area contributed by atoms with Gasteiger partial charge in [0.2, 0.25) is 5.91 Å². The van der Waals surface area contributed by atoms with Crippen molar-refractivity contribution in [3.05, 3.63) is 0 Å². The molecule has 1 amide bonds. The monoisotopic (exact) mass is 244 g/mol. The molecule has 1 heterocycles. The van der Waals surface area contributed by atoms with E-state index in [0.717, 1.165) is 19.4 Å². The van der Waals surface area contributed by atoms with E-state index in [1.807, 2.05) is 6.92 Å². The van der Waals surface area contributed by atoms with Crippen molar-refractivity contribution < 1.29 is 19.8 Å². The lowest BCUT2D eigenvalue weighted by atomic mass is 9.92. The van der Waals surface area contributed by atoms with E-state index in [1.54, 1.807) is 0 Å². The van der Waals surface area contributed by atoms with Crippen LogP contribution < -0.4 is 10.6 Å². The normalized spacial score (nSPS) is 26.2. The summed E-state index contributed by atoms with van der Waals surface area (Å²) < 4.78 is 0. The van der Waals surface area contributed by atoms with E-state index in [1.165, 1.54) is 0 Å². The molecule has 0 spiro atoms. The van der Waals surface area contributed by atoms with Crippen LogP contribution in [0.3, 0.4) is 0 Å². The Bertz CT molecular complexity index is 283. The maximum atomic E-state index is 11.9. The van der Waals surface area contributed by atoms with E-state index in [9.17, 15) is 9.59 Å². The highest BCUT2D eigenvalue weighted by molar-refractivity contribution is 5.87. The van der Waals surface area contributed by atoms with Crippen molar-refractivity contribution in [2.24, 2.45) is 5.92 Å². The van der Waals surface area contributed by atoms with E-state index >= 15 is 0 Å². The Hall–Kier alpha value is -1.14. The molecule has 0 saturated carbocycles. The van der Waals surface area contributed by atoms with E-state index in [0.29, 0.717) is 0 Å². The van der Waals surface area contributed by atoms with Gasteiger partial charge in [-0.3, -0.25) is 4.79 Å². The van der Waals surface area contributed by atoms with Crippen molar-refractivity contribution >= 4 is 11.9 Å². The maximum Gasteiger partial charge on any atom is 0.326 e. The zero-order chi connectivity index (χ0) is 12.8. The second kappa shape index (κ2) is 6.56. The first kappa shape index (κ1) is 13.9. The van der Waals surface area contributed by atoms with Crippen LogP contribution in [0.1, 0.15) is 26.2 Å². The molecule has 0 aromatic carbocycles. The lowest BCUT2D eigenvalue weighted by Gasteiger charge is -2.29. The Balaban J connectivity index is 2.53. The largest absolute Gasteiger partial charge is 0.480 e. The number of carboxylic acids is 1. The van der Waals surface area contributed by atoms with Gasteiger partial charge in [-0.25, -0.2) is 4.79 Å². The van der Waals surface area contributed by atoms with Gasteiger partial charge in [0, 0.05) is 13.0 Å². The fourth-order valence-electron chi connectivity index (χ4n) is 2.05. The number of aliphatic carboxylic acids is 1. The summed E-state index contributed by atoms with van der Waals surface area (Å²) in [6, 6.07) is -1.34. The second-order valence-corrected chi connectivity index (χ2v) is 4.46. The zero-order valence-electron chi connectivity index (χ0n) is 9.98. The molecule has 1 rings (SSSR count). The van der Waals surface area contributed by atoms with Gasteiger partial charge in [-0.1, -0.05) is 6.92 Å². The molecule has 1 fully saturated rings. The Kier molecular flexibility index (Phi) is 5.37. The summed E-state index contributed by atoms with van der Waals surface area (Å²) in [6.07, 6.45) is 2.02. The molecular weight excluding hydrogens is 224 g/mol. The lowest BCUT2D eigenvalue weighted by Crippen LogP contribution is -2.54. The fraction of sp³-hybridized carbons (Fsp3) is 0.818. The highest BCUT2D eigenvalue weighted by Crippen LogP contribution is 2.15. The van der Waals surface area contributed by atoms with Crippen LogP contribution in [0, 0.1) is 5.92 Å². The zero-order valence-corrected chi connectivity index (χ0v) is 9.98. The van der Waals surface area contributed by atoms with Gasteiger partial charge in [0.25, 0.3) is 0 Å². The number of carbonyl (C=O) groups is 2. The molecule has 1 aliphatic heterocycles. The molecule has 1 saturated heterocycles. The summed E-state index contributed by atoms with van der Waals surface area (Å²) in [5, 5.41) is 23.1. The van der Waals surface area contributed by atoms with Gasteiger partial charge in [0.1, 0.15) is 6.04 Å². The minimum absolute atomic E-state index is 0.0299. The third kappa shape index (κ3) is 3.98. The SMILES string of the molecule is CC1CCCNC1C(=O)N[C@H](CCO)C(=O)O. The number of carboxylic acid groups (broad SMARTS) is 1. The number of aliphatic hydroxyl groups is 1. The molecular formula is C11H20N2O4. The molecule has 2 unspecified atom stereocenters. The predicted molar refractivity (Wildman–Crippen MR) is 61.5 cm³/mol. The highest BCUT2D eigenvalue weighted by Gasteiger charge is 2.30. The van der Waals surface area contributed by atoms with Gasteiger partial charge in [-0.2, -0.15) is 0 Å². The number of carbonyl (C=O) groups excluding carboxylic acids is 1. The quantitative estimate of drug-likeness (QED) is 0.514. The second-order valence-electron chi connectivity index (χ2n) is 4.46. The highest BCUT2D eigenvalue weighted by atomic mass is 16.4. The van der Waals surface area contributed by atoms with Gasteiger partial charge >= 0.3 is 5.97 Å². The van der Waals surface area contributed by atoms with Crippen molar-refractivity contribution in [1.82, 2.24) is 10.6 Å². The Morgan fingerprint density at radius 2 is 2.24 bits per heavy atom. The molecule has 6 nitrogen and oxygen atoms in total. The van der Waals surface area contributed by atoms with Crippen molar-refractivity contribution in [3.8, 4) is 0 Å². The molecule has 1 aliphatic rings. The standard InChI is InChI=1S/C11H20N2O4/c1-7-3-2-5-12-9(7)10(15)13-8(4-6-14)11(16)17/h7-9,12,14H,2-6H2,1H3,(H,13,15)(H,16,17)/t7?,8-,9?/m1/s1. The van der Waals surface area contributed by atoms with E-state index in [4.69, 9.17) is 10.2 Å². The van der Waals surface area contributed by atoms with Crippen molar-refractivity contribution in [3.63, 3.8) is 0 Å². The van der Waals surface area contributed by atoms with Crippen LogP contribution in [0.2, 0.25) is 0 Å². The predicted octanol–water partition coefficient (Wildman–Crippen LogP) is -0.674. The maximum absolute atomic E-state index is 11.9. The van der Waals surface area contributed by atoms with Gasteiger partial charge in [-0.15, -0.1) is 0 Å². The minimum Gasteiger partial charge on any atom is -0.480 e. The molecule has 3 atom stereocenters. The van der Waals surface area contributed by atoms with Crippen LogP contribution >= 0.6 is 0 Å². The topological polar surface area (TPSA) is 98.7 Å². The molecule has 17 heavy (non-hydrogen) atoms. The van der Waals surface area contributed by atoms with E-state index < -0.39 is 12.0 Å². The number of nitrogens with one attached hydrogen (secondary N) is 2. The van der Waals surface area contributed by atoms with E-state index in [2.05, 4.69) is 10.6 Å². The average molecular weight is 244 g/mol. The number of hydrogen-bond acceptors (Lipinski definition) is 4. The molecule has 6 heteroatoms. The van der Waals surface area contributed by atoms with E-state index in [-0.39, 0.29) is 30.9 Å². The fourth-order valence-corrected chi connectivity index (χ4v) is 2.05. The number of amides is 1. The summed E-state index contributed by atoms with van der Waals surface area (Å²) in [4.78, 5) is 22.7. The Morgan fingerprint density at radius 3 is 2.76 bits per heavy atom. The molecule has 0 aliphatic carbocycles. The van der Waals surface area contributed by atoms with Crippen LogP contribution in [0.5, 0.6) is 0 Å².